The number of carbonyl (C=O) groups is 1. The fraction of sp³-hybridized carbons (Fsp3) is 0.278. The smallest absolute Gasteiger partial charge is 0.261 e. The minimum atomic E-state index is -3.82. The van der Waals surface area contributed by atoms with Gasteiger partial charge in [0.05, 0.1) is 10.6 Å². The van der Waals surface area contributed by atoms with Crippen molar-refractivity contribution in [3.8, 4) is 11.5 Å². The average molecular weight is 361 g/mol. The van der Waals surface area contributed by atoms with E-state index in [2.05, 4.69) is 11.6 Å². The lowest BCUT2D eigenvalue weighted by Crippen LogP contribution is -2.15. The number of rotatable bonds is 6. The van der Waals surface area contributed by atoms with Gasteiger partial charge in [0.2, 0.25) is 6.79 Å². The van der Waals surface area contributed by atoms with E-state index in [4.69, 9.17) is 9.47 Å². The molecule has 2 aromatic rings. The molecule has 0 saturated heterocycles. The SMILES string of the molecule is CCCc1ccc(S(=O)(=O)Nc2cc3c(cc2C(C)=O)OCO3)cc1. The highest BCUT2D eigenvalue weighted by molar-refractivity contribution is 7.92. The molecule has 0 spiro atoms. The zero-order valence-electron chi connectivity index (χ0n) is 14.0. The number of fused-ring (bicyclic) bond motifs is 1. The minimum Gasteiger partial charge on any atom is -0.454 e. The standard InChI is InChI=1S/C18H19NO5S/c1-3-4-13-5-7-14(8-6-13)25(21,22)19-16-10-18-17(23-11-24-18)9-15(16)12(2)20/h5-10,19H,3-4,11H2,1-2H3. The molecule has 1 heterocycles. The molecule has 0 unspecified atom stereocenters. The first-order valence-electron chi connectivity index (χ1n) is 7.97. The van der Waals surface area contributed by atoms with Gasteiger partial charge in [0.15, 0.2) is 17.3 Å². The number of ketones is 1. The molecule has 1 aliphatic heterocycles. The van der Waals surface area contributed by atoms with E-state index in [1.807, 2.05) is 0 Å². The summed E-state index contributed by atoms with van der Waals surface area (Å²) in [6.07, 6.45) is 1.88. The van der Waals surface area contributed by atoms with Crippen LogP contribution in [-0.2, 0) is 16.4 Å². The van der Waals surface area contributed by atoms with E-state index in [-0.39, 0.29) is 28.7 Å². The highest BCUT2D eigenvalue weighted by atomic mass is 32.2. The molecule has 0 aromatic heterocycles. The molecule has 0 aliphatic carbocycles. The van der Waals surface area contributed by atoms with Crippen molar-refractivity contribution >= 4 is 21.5 Å². The number of carbonyl (C=O) groups excluding carboxylic acids is 1. The summed E-state index contributed by atoms with van der Waals surface area (Å²) in [4.78, 5) is 12.0. The summed E-state index contributed by atoms with van der Waals surface area (Å²) in [7, 11) is -3.82. The monoisotopic (exact) mass is 361 g/mol. The second-order valence-corrected chi connectivity index (χ2v) is 7.49. The summed E-state index contributed by atoms with van der Waals surface area (Å²) in [5, 5.41) is 0. The number of anilines is 1. The van der Waals surface area contributed by atoms with Gasteiger partial charge in [-0.25, -0.2) is 8.42 Å². The Morgan fingerprint density at radius 3 is 2.36 bits per heavy atom. The van der Waals surface area contributed by atoms with Gasteiger partial charge in [0.25, 0.3) is 10.0 Å². The third-order valence-electron chi connectivity index (χ3n) is 3.91. The first-order chi connectivity index (χ1) is 11.9. The second-order valence-electron chi connectivity index (χ2n) is 5.81. The molecule has 1 N–H and O–H groups in total. The number of benzene rings is 2. The Kier molecular flexibility index (Phi) is 4.67. The lowest BCUT2D eigenvalue weighted by molar-refractivity contribution is 0.101. The Balaban J connectivity index is 1.94. The molecular formula is C18H19NO5S. The molecule has 0 fully saturated rings. The summed E-state index contributed by atoms with van der Waals surface area (Å²) in [5.74, 6) is 0.562. The molecule has 1 aliphatic rings. The molecule has 25 heavy (non-hydrogen) atoms. The van der Waals surface area contributed by atoms with Crippen molar-refractivity contribution in [3.63, 3.8) is 0 Å². The van der Waals surface area contributed by atoms with Crippen LogP contribution in [0, 0.1) is 0 Å². The first-order valence-corrected chi connectivity index (χ1v) is 9.45. The Morgan fingerprint density at radius 2 is 1.76 bits per heavy atom. The van der Waals surface area contributed by atoms with E-state index >= 15 is 0 Å². The van der Waals surface area contributed by atoms with Gasteiger partial charge in [-0.3, -0.25) is 9.52 Å². The van der Waals surface area contributed by atoms with Crippen molar-refractivity contribution in [3.05, 3.63) is 47.5 Å². The number of hydrogen-bond donors (Lipinski definition) is 1. The predicted molar refractivity (Wildman–Crippen MR) is 93.8 cm³/mol. The van der Waals surface area contributed by atoms with E-state index in [1.54, 1.807) is 24.3 Å². The second kappa shape index (κ2) is 6.76. The molecule has 7 heteroatoms. The number of aryl methyl sites for hydroxylation is 1. The summed E-state index contributed by atoms with van der Waals surface area (Å²) in [5.41, 5.74) is 1.48. The van der Waals surface area contributed by atoms with Gasteiger partial charge in [0, 0.05) is 11.6 Å². The number of Topliss-reactive ketones (excluding diaryl/α,β-unsaturated/α-hetero) is 1. The van der Waals surface area contributed by atoms with Crippen molar-refractivity contribution in [1.82, 2.24) is 0 Å². The van der Waals surface area contributed by atoms with Crippen molar-refractivity contribution in [2.24, 2.45) is 0 Å². The molecule has 132 valence electrons. The lowest BCUT2D eigenvalue weighted by Gasteiger charge is -2.12. The van der Waals surface area contributed by atoms with Crippen LogP contribution in [0.15, 0.2) is 41.3 Å². The van der Waals surface area contributed by atoms with Crippen LogP contribution < -0.4 is 14.2 Å². The molecule has 0 atom stereocenters. The molecule has 3 rings (SSSR count). The molecule has 0 bridgehead atoms. The summed E-state index contributed by atoms with van der Waals surface area (Å²) in [6, 6.07) is 9.68. The molecule has 0 amide bonds. The Bertz CT molecular complexity index is 904. The zero-order chi connectivity index (χ0) is 18.0. The van der Waals surface area contributed by atoms with Gasteiger partial charge in [-0.05, 0) is 37.1 Å². The van der Waals surface area contributed by atoms with Gasteiger partial charge in [0.1, 0.15) is 0 Å². The average Bonchev–Trinajstić information content (AvgIpc) is 3.01. The first kappa shape index (κ1) is 17.3. The van der Waals surface area contributed by atoms with Gasteiger partial charge < -0.3 is 9.47 Å². The number of nitrogens with one attached hydrogen (secondary N) is 1. The topological polar surface area (TPSA) is 81.7 Å². The summed E-state index contributed by atoms with van der Waals surface area (Å²) < 4.78 is 38.3. The molecule has 0 radical (unpaired) electrons. The predicted octanol–water partition coefficient (Wildman–Crippen LogP) is 3.37. The normalized spacial score (nSPS) is 12.9. The summed E-state index contributed by atoms with van der Waals surface area (Å²) >= 11 is 0. The number of hydrogen-bond acceptors (Lipinski definition) is 5. The maximum absolute atomic E-state index is 12.7. The van der Waals surface area contributed by atoms with Crippen molar-refractivity contribution < 1.29 is 22.7 Å². The van der Waals surface area contributed by atoms with Crippen LogP contribution in [0.5, 0.6) is 11.5 Å². The minimum absolute atomic E-state index is 0.0434. The van der Waals surface area contributed by atoms with Crippen molar-refractivity contribution in [2.75, 3.05) is 11.5 Å². The van der Waals surface area contributed by atoms with Gasteiger partial charge in [-0.2, -0.15) is 0 Å². The lowest BCUT2D eigenvalue weighted by atomic mass is 10.1. The van der Waals surface area contributed by atoms with E-state index in [0.29, 0.717) is 11.5 Å². The maximum atomic E-state index is 12.7. The zero-order valence-corrected chi connectivity index (χ0v) is 14.9. The third kappa shape index (κ3) is 3.61. The van der Waals surface area contributed by atoms with E-state index in [9.17, 15) is 13.2 Å². The van der Waals surface area contributed by atoms with Crippen LogP contribution >= 0.6 is 0 Å². The van der Waals surface area contributed by atoms with E-state index in [0.717, 1.165) is 18.4 Å². The Labute approximate surface area is 146 Å². The van der Waals surface area contributed by atoms with Crippen LogP contribution in [0.25, 0.3) is 0 Å². The highest BCUT2D eigenvalue weighted by Crippen LogP contribution is 2.38. The molecule has 0 saturated carbocycles. The summed E-state index contributed by atoms with van der Waals surface area (Å²) in [6.45, 7) is 3.48. The van der Waals surface area contributed by atoms with Crippen LogP contribution in [-0.4, -0.2) is 21.0 Å². The number of ether oxygens (including phenoxy) is 2. The quantitative estimate of drug-likeness (QED) is 0.798. The van der Waals surface area contributed by atoms with Gasteiger partial charge >= 0.3 is 0 Å². The van der Waals surface area contributed by atoms with E-state index < -0.39 is 10.0 Å². The van der Waals surface area contributed by atoms with E-state index in [1.165, 1.54) is 19.1 Å². The van der Waals surface area contributed by atoms with Crippen LogP contribution in [0.1, 0.15) is 36.2 Å². The molecular weight excluding hydrogens is 342 g/mol. The van der Waals surface area contributed by atoms with Gasteiger partial charge in [-0.15, -0.1) is 0 Å². The number of sulfonamides is 1. The third-order valence-corrected chi connectivity index (χ3v) is 5.29. The maximum Gasteiger partial charge on any atom is 0.261 e. The highest BCUT2D eigenvalue weighted by Gasteiger charge is 2.23. The fourth-order valence-electron chi connectivity index (χ4n) is 2.65. The van der Waals surface area contributed by atoms with Crippen LogP contribution in [0.3, 0.4) is 0 Å². The van der Waals surface area contributed by atoms with Crippen molar-refractivity contribution in [1.29, 1.82) is 0 Å². The fourth-order valence-corrected chi connectivity index (χ4v) is 3.72. The largest absolute Gasteiger partial charge is 0.454 e. The molecule has 2 aromatic carbocycles. The molecule has 6 nitrogen and oxygen atoms in total. The van der Waals surface area contributed by atoms with Crippen LogP contribution in [0.4, 0.5) is 5.69 Å². The van der Waals surface area contributed by atoms with Crippen LogP contribution in [0.2, 0.25) is 0 Å². The Morgan fingerprint density at radius 1 is 1.12 bits per heavy atom. The van der Waals surface area contributed by atoms with Gasteiger partial charge in [-0.1, -0.05) is 25.5 Å². The van der Waals surface area contributed by atoms with Crippen molar-refractivity contribution in [2.45, 2.75) is 31.6 Å². The Hall–Kier alpha value is -2.54.